The number of aliphatic hydroxyl groups excluding tert-OH is 1. The van der Waals surface area contributed by atoms with Gasteiger partial charge >= 0.3 is 5.91 Å². The molecule has 4 rings (SSSR count). The van der Waals surface area contributed by atoms with Crippen LogP contribution in [0.25, 0.3) is 5.76 Å². The van der Waals surface area contributed by atoms with Gasteiger partial charge in [-0.15, -0.1) is 11.3 Å². The maximum absolute atomic E-state index is 13.5. The lowest BCUT2D eigenvalue weighted by molar-refractivity contribution is -0.132. The molecule has 0 radical (unpaired) electrons. The highest BCUT2D eigenvalue weighted by Gasteiger charge is 2.48. The number of hydrogen-bond acceptors (Lipinski definition) is 8. The number of anilines is 1. The largest absolute Gasteiger partial charge is 0.507 e. The number of carbonyl (C=O) groups excluding carboxylic acids is 2. The Labute approximate surface area is 205 Å². The maximum Gasteiger partial charge on any atom is 0.301 e. The van der Waals surface area contributed by atoms with Gasteiger partial charge in [-0.05, 0) is 55.8 Å². The average molecular weight is 499 g/mol. The highest BCUT2D eigenvalue weighted by Crippen LogP contribution is 2.47. The Morgan fingerprint density at radius 2 is 1.63 bits per heavy atom. The molecule has 1 saturated heterocycles. The van der Waals surface area contributed by atoms with E-state index in [-0.39, 0.29) is 11.1 Å². The van der Waals surface area contributed by atoms with Gasteiger partial charge in [0.05, 0.1) is 38.6 Å². The zero-order chi connectivity index (χ0) is 25.4. The zero-order valence-corrected chi connectivity index (χ0v) is 20.5. The first-order valence-electron chi connectivity index (χ1n) is 10.5. The van der Waals surface area contributed by atoms with E-state index < -0.39 is 29.3 Å². The number of aliphatic hydroxyl groups is 1. The van der Waals surface area contributed by atoms with Crippen LogP contribution in [0.5, 0.6) is 17.2 Å². The van der Waals surface area contributed by atoms with Crippen LogP contribution >= 0.6 is 11.3 Å². The van der Waals surface area contributed by atoms with Crippen LogP contribution in [-0.2, 0) is 9.59 Å². The summed E-state index contributed by atoms with van der Waals surface area (Å²) in [7, 11) is 4.36. The molecule has 2 aromatic carbocycles. The van der Waals surface area contributed by atoms with Crippen LogP contribution in [0.15, 0.2) is 42.0 Å². The van der Waals surface area contributed by atoms with E-state index in [9.17, 15) is 19.1 Å². The summed E-state index contributed by atoms with van der Waals surface area (Å²) >= 11 is 1.26. The van der Waals surface area contributed by atoms with Gasteiger partial charge in [-0.25, -0.2) is 9.37 Å². The quantitative estimate of drug-likeness (QED) is 0.302. The summed E-state index contributed by atoms with van der Waals surface area (Å²) in [6, 6.07) is 7.15. The number of aryl methyl sites for hydroxylation is 2. The molecular formula is C25H23FN2O6S. The zero-order valence-electron chi connectivity index (χ0n) is 19.7. The Morgan fingerprint density at radius 3 is 2.11 bits per heavy atom. The molecule has 1 atom stereocenters. The third kappa shape index (κ3) is 4.10. The summed E-state index contributed by atoms with van der Waals surface area (Å²) in [6.45, 7) is 3.67. The number of rotatable bonds is 6. The Bertz CT molecular complexity index is 1300. The summed E-state index contributed by atoms with van der Waals surface area (Å²) in [5, 5.41) is 11.5. The van der Waals surface area contributed by atoms with E-state index >= 15 is 0 Å². The van der Waals surface area contributed by atoms with Crippen molar-refractivity contribution in [2.45, 2.75) is 19.9 Å². The second-order valence-electron chi connectivity index (χ2n) is 7.77. The van der Waals surface area contributed by atoms with Crippen molar-refractivity contribution in [3.05, 3.63) is 69.5 Å². The molecule has 35 heavy (non-hydrogen) atoms. The molecule has 1 aliphatic rings. The third-order valence-corrected chi connectivity index (χ3v) is 6.86. The van der Waals surface area contributed by atoms with Gasteiger partial charge < -0.3 is 19.3 Å². The molecule has 10 heteroatoms. The lowest BCUT2D eigenvalue weighted by Gasteiger charge is -2.24. The van der Waals surface area contributed by atoms with E-state index in [1.54, 1.807) is 19.1 Å². The minimum atomic E-state index is -1.06. The molecule has 1 aliphatic heterocycles. The lowest BCUT2D eigenvalue weighted by atomic mass is 9.94. The van der Waals surface area contributed by atoms with Crippen molar-refractivity contribution in [1.82, 2.24) is 4.98 Å². The van der Waals surface area contributed by atoms with Gasteiger partial charge in [-0.1, -0.05) is 0 Å². The van der Waals surface area contributed by atoms with Crippen molar-refractivity contribution < 1.29 is 33.3 Å². The minimum absolute atomic E-state index is 0.165. The van der Waals surface area contributed by atoms with Gasteiger partial charge in [0.2, 0.25) is 5.75 Å². The van der Waals surface area contributed by atoms with Crippen molar-refractivity contribution in [1.29, 1.82) is 0 Å². The number of ketones is 1. The third-order valence-electron chi connectivity index (χ3n) is 5.79. The van der Waals surface area contributed by atoms with Crippen LogP contribution in [0.2, 0.25) is 0 Å². The molecule has 0 spiro atoms. The normalized spacial score (nSPS) is 17.1. The number of Topliss-reactive ketones (excluding diaryl/α,β-unsaturated/α-hetero) is 1. The molecule has 0 aliphatic carbocycles. The van der Waals surface area contributed by atoms with Crippen molar-refractivity contribution >= 4 is 33.9 Å². The number of aromatic nitrogens is 1. The van der Waals surface area contributed by atoms with Crippen LogP contribution in [0.3, 0.4) is 0 Å². The van der Waals surface area contributed by atoms with Gasteiger partial charge in [-0.2, -0.15) is 0 Å². The molecule has 0 bridgehead atoms. The Hall–Kier alpha value is -3.92. The lowest BCUT2D eigenvalue weighted by Crippen LogP contribution is -2.29. The number of thiazole rings is 1. The van der Waals surface area contributed by atoms with Gasteiger partial charge in [0.25, 0.3) is 5.78 Å². The molecule has 0 unspecified atom stereocenters. The van der Waals surface area contributed by atoms with E-state index in [1.807, 2.05) is 6.92 Å². The number of amides is 1. The summed E-state index contributed by atoms with van der Waals surface area (Å²) in [4.78, 5) is 33.2. The van der Waals surface area contributed by atoms with Crippen molar-refractivity contribution in [2.24, 2.45) is 0 Å². The summed E-state index contributed by atoms with van der Waals surface area (Å²) < 4.78 is 29.8. The highest BCUT2D eigenvalue weighted by molar-refractivity contribution is 7.16. The monoisotopic (exact) mass is 498 g/mol. The Kier molecular flexibility index (Phi) is 6.49. The van der Waals surface area contributed by atoms with Gasteiger partial charge in [0, 0.05) is 10.4 Å². The minimum Gasteiger partial charge on any atom is -0.507 e. The van der Waals surface area contributed by atoms with Gasteiger partial charge in [0.1, 0.15) is 11.6 Å². The first kappa shape index (κ1) is 24.2. The number of ether oxygens (including phenoxy) is 3. The van der Waals surface area contributed by atoms with Gasteiger partial charge in [0.15, 0.2) is 16.6 Å². The van der Waals surface area contributed by atoms with Crippen molar-refractivity contribution in [2.75, 3.05) is 26.2 Å². The number of hydrogen-bond donors (Lipinski definition) is 1. The van der Waals surface area contributed by atoms with E-state index in [2.05, 4.69) is 4.98 Å². The van der Waals surface area contributed by atoms with Crippen LogP contribution in [0, 0.1) is 19.7 Å². The second kappa shape index (κ2) is 9.38. The van der Waals surface area contributed by atoms with Crippen LogP contribution in [0.1, 0.15) is 27.7 Å². The highest BCUT2D eigenvalue weighted by atomic mass is 32.1. The van der Waals surface area contributed by atoms with Crippen molar-refractivity contribution in [3.63, 3.8) is 0 Å². The van der Waals surface area contributed by atoms with Gasteiger partial charge in [-0.3, -0.25) is 14.5 Å². The average Bonchev–Trinajstić information content (AvgIpc) is 3.32. The van der Waals surface area contributed by atoms with Crippen LogP contribution in [-0.4, -0.2) is 43.1 Å². The molecule has 3 aromatic rings. The fraction of sp³-hybridized carbons (Fsp3) is 0.240. The molecule has 8 nitrogen and oxygen atoms in total. The first-order chi connectivity index (χ1) is 16.7. The van der Waals surface area contributed by atoms with Crippen LogP contribution < -0.4 is 19.1 Å². The second-order valence-corrected chi connectivity index (χ2v) is 8.95. The number of carbonyl (C=O) groups is 2. The summed E-state index contributed by atoms with van der Waals surface area (Å²) in [6.07, 6.45) is 0. The molecule has 1 fully saturated rings. The number of benzene rings is 2. The predicted molar refractivity (Wildman–Crippen MR) is 129 cm³/mol. The molecule has 1 N–H and O–H groups in total. The van der Waals surface area contributed by atoms with E-state index in [0.29, 0.717) is 33.6 Å². The fourth-order valence-corrected chi connectivity index (χ4v) is 4.86. The Morgan fingerprint density at radius 1 is 1.03 bits per heavy atom. The molecule has 1 aromatic heterocycles. The standard InChI is InChI=1S/C25H23FN2O6S/c1-12-13(2)35-25(27-12)28-20(15-10-17(32-3)23(34-5)18(11-15)33-4)19(22(30)24(28)31)21(29)14-6-8-16(26)9-7-14/h6-11,20,29H,1-5H3/t20-/m0/s1. The fourth-order valence-electron chi connectivity index (χ4n) is 3.93. The molecule has 2 heterocycles. The van der Waals surface area contributed by atoms with E-state index in [1.165, 1.54) is 49.7 Å². The topological polar surface area (TPSA) is 98.2 Å². The summed E-state index contributed by atoms with van der Waals surface area (Å²) in [5.74, 6) is -1.74. The Balaban J connectivity index is 2.01. The SMILES string of the molecule is COc1cc([C@H]2C(=C(O)c3ccc(F)cc3)C(=O)C(=O)N2c2nc(C)c(C)s2)cc(OC)c1OC. The van der Waals surface area contributed by atoms with Crippen LogP contribution in [0.4, 0.5) is 9.52 Å². The maximum atomic E-state index is 13.5. The number of halogens is 1. The summed E-state index contributed by atoms with van der Waals surface area (Å²) in [5.41, 5.74) is 1.16. The molecule has 1 amide bonds. The number of methoxy groups -OCH3 is 3. The molecular weight excluding hydrogens is 475 g/mol. The molecule has 0 saturated carbocycles. The smallest absolute Gasteiger partial charge is 0.301 e. The molecule has 182 valence electrons. The number of nitrogens with zero attached hydrogens (tertiary/aromatic N) is 2. The first-order valence-corrected chi connectivity index (χ1v) is 11.3. The van der Waals surface area contributed by atoms with E-state index in [4.69, 9.17) is 14.2 Å². The van der Waals surface area contributed by atoms with E-state index in [0.717, 1.165) is 17.0 Å². The predicted octanol–water partition coefficient (Wildman–Crippen LogP) is 4.55. The van der Waals surface area contributed by atoms with Crippen molar-refractivity contribution in [3.8, 4) is 17.2 Å².